The van der Waals surface area contributed by atoms with Crippen molar-refractivity contribution in [3.8, 4) is 0 Å². The molecule has 5 nitrogen and oxygen atoms in total. The highest BCUT2D eigenvalue weighted by atomic mass is 16.2. The Balaban J connectivity index is 1.51. The number of carbonyl (C=O) groups excluding carboxylic acids is 2. The summed E-state index contributed by atoms with van der Waals surface area (Å²) in [5.41, 5.74) is 3.90. The van der Waals surface area contributed by atoms with E-state index in [0.29, 0.717) is 29.5 Å². The van der Waals surface area contributed by atoms with Gasteiger partial charge >= 0.3 is 0 Å². The van der Waals surface area contributed by atoms with Gasteiger partial charge in [0.05, 0.1) is 11.1 Å². The lowest BCUT2D eigenvalue weighted by atomic mass is 10.1. The molecule has 1 fully saturated rings. The van der Waals surface area contributed by atoms with Crippen LogP contribution in [0.5, 0.6) is 0 Å². The zero-order chi connectivity index (χ0) is 20.4. The van der Waals surface area contributed by atoms with E-state index < -0.39 is 0 Å². The van der Waals surface area contributed by atoms with Crippen LogP contribution >= 0.6 is 0 Å². The zero-order valence-electron chi connectivity index (χ0n) is 16.7. The van der Waals surface area contributed by atoms with Crippen molar-refractivity contribution < 1.29 is 9.59 Å². The highest BCUT2D eigenvalue weighted by molar-refractivity contribution is 6.12. The van der Waals surface area contributed by atoms with Crippen LogP contribution in [-0.2, 0) is 4.79 Å². The number of fused-ring (bicyclic) bond motifs is 1. The molecule has 0 atom stereocenters. The van der Waals surface area contributed by atoms with E-state index in [2.05, 4.69) is 10.6 Å². The van der Waals surface area contributed by atoms with Crippen LogP contribution in [0.2, 0.25) is 0 Å². The third kappa shape index (κ3) is 4.62. The average Bonchev–Trinajstić information content (AvgIpc) is 3.53. The summed E-state index contributed by atoms with van der Waals surface area (Å²) in [6.07, 6.45) is 2.75. The minimum atomic E-state index is -0.151. The summed E-state index contributed by atoms with van der Waals surface area (Å²) in [5.74, 6) is 0.624. The molecule has 4 rings (SSSR count). The molecule has 1 saturated carbocycles. The van der Waals surface area contributed by atoms with Gasteiger partial charge in [-0.25, -0.2) is 0 Å². The summed E-state index contributed by atoms with van der Waals surface area (Å²) < 4.78 is 0. The molecule has 0 spiro atoms. The van der Waals surface area contributed by atoms with Crippen molar-refractivity contribution in [3.63, 3.8) is 0 Å². The van der Waals surface area contributed by atoms with Crippen LogP contribution < -0.4 is 10.6 Å². The third-order valence-electron chi connectivity index (χ3n) is 5.00. The lowest BCUT2D eigenvalue weighted by Crippen LogP contribution is -2.15. The fraction of sp³-hybridized carbons (Fsp3) is 0.292. The van der Waals surface area contributed by atoms with Gasteiger partial charge in [-0.3, -0.25) is 14.6 Å². The number of carbonyl (C=O) groups is 2. The van der Waals surface area contributed by atoms with Crippen molar-refractivity contribution in [2.75, 3.05) is 10.6 Å². The fourth-order valence-electron chi connectivity index (χ4n) is 3.39. The lowest BCUT2D eigenvalue weighted by molar-refractivity contribution is -0.116. The molecule has 5 heteroatoms. The molecule has 2 aromatic carbocycles. The van der Waals surface area contributed by atoms with Gasteiger partial charge < -0.3 is 10.6 Å². The number of pyridine rings is 1. The van der Waals surface area contributed by atoms with Gasteiger partial charge in [-0.1, -0.05) is 32.0 Å². The van der Waals surface area contributed by atoms with Gasteiger partial charge in [0.25, 0.3) is 5.91 Å². The largest absolute Gasteiger partial charge is 0.326 e. The number of anilines is 2. The Morgan fingerprint density at radius 3 is 2.31 bits per heavy atom. The van der Waals surface area contributed by atoms with Crippen molar-refractivity contribution in [2.45, 2.75) is 39.0 Å². The first kappa shape index (κ1) is 19.1. The van der Waals surface area contributed by atoms with Crippen molar-refractivity contribution in [1.82, 2.24) is 4.98 Å². The normalized spacial score (nSPS) is 13.5. The van der Waals surface area contributed by atoms with Gasteiger partial charge in [0.1, 0.15) is 0 Å². The number of nitrogens with one attached hydrogen (secondary N) is 2. The molecule has 2 amide bonds. The van der Waals surface area contributed by atoms with E-state index >= 15 is 0 Å². The van der Waals surface area contributed by atoms with Gasteiger partial charge in [-0.05, 0) is 55.2 Å². The van der Waals surface area contributed by atoms with Crippen molar-refractivity contribution in [1.29, 1.82) is 0 Å². The number of amides is 2. The molecule has 1 aliphatic rings. The zero-order valence-corrected chi connectivity index (χ0v) is 16.7. The van der Waals surface area contributed by atoms with Crippen LogP contribution in [0.4, 0.5) is 11.4 Å². The summed E-state index contributed by atoms with van der Waals surface area (Å²) in [4.78, 5) is 29.6. The van der Waals surface area contributed by atoms with Crippen LogP contribution in [0, 0.1) is 5.92 Å². The molecule has 0 bridgehead atoms. The van der Waals surface area contributed by atoms with Crippen molar-refractivity contribution >= 4 is 34.1 Å². The Hall–Kier alpha value is -3.21. The Bertz CT molecular complexity index is 1050. The molecular weight excluding hydrogens is 362 g/mol. The maximum atomic E-state index is 13.0. The van der Waals surface area contributed by atoms with E-state index in [1.165, 1.54) is 0 Å². The fourth-order valence-corrected chi connectivity index (χ4v) is 3.39. The number of hydrogen-bond donors (Lipinski definition) is 2. The maximum Gasteiger partial charge on any atom is 0.256 e. The molecule has 2 N–H and O–H groups in total. The molecule has 1 heterocycles. The first-order chi connectivity index (χ1) is 14.0. The van der Waals surface area contributed by atoms with Crippen LogP contribution in [0.15, 0.2) is 54.6 Å². The maximum absolute atomic E-state index is 13.0. The van der Waals surface area contributed by atoms with Crippen molar-refractivity contribution in [2.24, 2.45) is 5.92 Å². The Kier molecular flexibility index (Phi) is 5.30. The molecule has 3 aromatic rings. The van der Waals surface area contributed by atoms with Crippen LogP contribution in [0.25, 0.3) is 10.9 Å². The highest BCUT2D eigenvalue weighted by Gasteiger charge is 2.27. The molecule has 1 aromatic heterocycles. The summed E-state index contributed by atoms with van der Waals surface area (Å²) >= 11 is 0. The number of rotatable bonds is 6. The second kappa shape index (κ2) is 8.03. The summed E-state index contributed by atoms with van der Waals surface area (Å²) in [5, 5.41) is 6.70. The smallest absolute Gasteiger partial charge is 0.256 e. The van der Waals surface area contributed by atoms with E-state index in [1.807, 2.05) is 44.2 Å². The van der Waals surface area contributed by atoms with Gasteiger partial charge in [0.15, 0.2) is 0 Å². The van der Waals surface area contributed by atoms with E-state index in [4.69, 9.17) is 4.98 Å². The SMILES string of the molecule is CC(C)CC(=O)Nc1ccc(NC(=O)c2cc(C3CC3)nc3ccccc23)cc1. The molecule has 0 unspecified atom stereocenters. The van der Waals surface area contributed by atoms with Crippen LogP contribution in [0.3, 0.4) is 0 Å². The summed E-state index contributed by atoms with van der Waals surface area (Å²) in [7, 11) is 0. The van der Waals surface area contributed by atoms with Crippen LogP contribution in [-0.4, -0.2) is 16.8 Å². The molecule has 29 heavy (non-hydrogen) atoms. The molecule has 0 saturated heterocycles. The van der Waals surface area contributed by atoms with Crippen LogP contribution in [0.1, 0.15) is 55.1 Å². The number of hydrogen-bond acceptors (Lipinski definition) is 3. The Morgan fingerprint density at radius 1 is 1.00 bits per heavy atom. The van der Waals surface area contributed by atoms with E-state index in [1.54, 1.807) is 24.3 Å². The third-order valence-corrected chi connectivity index (χ3v) is 5.00. The predicted octanol–water partition coefficient (Wildman–Crippen LogP) is 5.35. The van der Waals surface area contributed by atoms with E-state index in [9.17, 15) is 9.59 Å². The number of benzene rings is 2. The minimum Gasteiger partial charge on any atom is -0.326 e. The molecule has 148 valence electrons. The molecular formula is C24H25N3O2. The molecule has 0 aliphatic heterocycles. The first-order valence-corrected chi connectivity index (χ1v) is 10.1. The lowest BCUT2D eigenvalue weighted by Gasteiger charge is -2.11. The molecule has 1 aliphatic carbocycles. The molecule has 0 radical (unpaired) electrons. The van der Waals surface area contributed by atoms with Gasteiger partial charge in [-0.15, -0.1) is 0 Å². The second-order valence-electron chi connectivity index (χ2n) is 8.06. The quantitative estimate of drug-likeness (QED) is 0.599. The van der Waals surface area contributed by atoms with E-state index in [-0.39, 0.29) is 11.8 Å². The van der Waals surface area contributed by atoms with E-state index in [0.717, 1.165) is 35.1 Å². The first-order valence-electron chi connectivity index (χ1n) is 10.1. The standard InChI is InChI=1S/C24H25N3O2/c1-15(2)13-23(28)25-17-9-11-18(12-10-17)26-24(29)20-14-22(16-7-8-16)27-21-6-4-3-5-19(20)21/h3-6,9-12,14-16H,7-8,13H2,1-2H3,(H,25,28)(H,26,29). The highest BCUT2D eigenvalue weighted by Crippen LogP contribution is 2.40. The Morgan fingerprint density at radius 2 is 1.66 bits per heavy atom. The summed E-state index contributed by atoms with van der Waals surface area (Å²) in [6.45, 7) is 4.02. The number of aromatic nitrogens is 1. The van der Waals surface area contributed by atoms with Gasteiger partial charge in [0.2, 0.25) is 5.91 Å². The van der Waals surface area contributed by atoms with Crippen molar-refractivity contribution in [3.05, 3.63) is 65.9 Å². The Labute approximate surface area is 170 Å². The topological polar surface area (TPSA) is 71.1 Å². The number of para-hydroxylation sites is 1. The average molecular weight is 387 g/mol. The summed E-state index contributed by atoms with van der Waals surface area (Å²) in [6, 6.07) is 16.9. The van der Waals surface area contributed by atoms with Gasteiger partial charge in [-0.2, -0.15) is 0 Å². The second-order valence-corrected chi connectivity index (χ2v) is 8.06. The predicted molar refractivity (Wildman–Crippen MR) is 116 cm³/mol. The minimum absolute atomic E-state index is 0.00681. The monoisotopic (exact) mass is 387 g/mol. The number of nitrogens with zero attached hydrogens (tertiary/aromatic N) is 1. The van der Waals surface area contributed by atoms with Gasteiger partial charge in [0, 0.05) is 34.8 Å².